The van der Waals surface area contributed by atoms with Gasteiger partial charge >= 0.3 is 10.1 Å². The minimum atomic E-state index is -3.56. The van der Waals surface area contributed by atoms with Crippen molar-refractivity contribution in [1.29, 1.82) is 0 Å². The Hall–Kier alpha value is -2.28. The molecule has 0 saturated carbocycles. The quantitative estimate of drug-likeness (QED) is 0.491. The van der Waals surface area contributed by atoms with Gasteiger partial charge in [0.2, 0.25) is 5.91 Å². The second kappa shape index (κ2) is 10.2. The first kappa shape index (κ1) is 24.0. The molecular weight excluding hydrogens is 402 g/mol. The predicted molar refractivity (Wildman–Crippen MR) is 117 cm³/mol. The summed E-state index contributed by atoms with van der Waals surface area (Å²) in [5.74, 6) is 1.24. The topological polar surface area (TPSA) is 76.8 Å². The van der Waals surface area contributed by atoms with Crippen LogP contribution >= 0.6 is 0 Å². The lowest BCUT2D eigenvalue weighted by Gasteiger charge is -2.27. The summed E-state index contributed by atoms with van der Waals surface area (Å²) < 4.78 is 33.7. The average Bonchev–Trinajstić information content (AvgIpc) is 3.14. The third-order valence-electron chi connectivity index (χ3n) is 4.64. The molecule has 0 radical (unpaired) electrons. The third-order valence-corrected chi connectivity index (χ3v) is 5.79. The van der Waals surface area contributed by atoms with Crippen molar-refractivity contribution in [2.75, 3.05) is 5.75 Å². The summed E-state index contributed by atoms with van der Waals surface area (Å²) in [5, 5.41) is 0. The molecule has 0 saturated heterocycles. The van der Waals surface area contributed by atoms with Crippen LogP contribution < -0.4 is 4.18 Å². The first-order valence-electron chi connectivity index (χ1n) is 10.3. The van der Waals surface area contributed by atoms with E-state index in [0.717, 1.165) is 17.7 Å². The molecule has 0 aliphatic rings. The summed E-state index contributed by atoms with van der Waals surface area (Å²) in [6.07, 6.45) is 3.03. The van der Waals surface area contributed by atoms with E-state index in [4.69, 9.17) is 8.60 Å². The molecule has 166 valence electrons. The number of hydrogen-bond acceptors (Lipinski definition) is 5. The van der Waals surface area contributed by atoms with E-state index >= 15 is 0 Å². The maximum Gasteiger partial charge on any atom is 0.308 e. The number of hydrogen-bond donors (Lipinski definition) is 0. The Bertz CT molecular complexity index is 896. The fourth-order valence-corrected chi connectivity index (χ4v) is 3.97. The second-order valence-electron chi connectivity index (χ2n) is 8.98. The number of carbonyl (C=O) groups is 1. The fraction of sp³-hybridized carbons (Fsp3) is 0.522. The molecule has 1 atom stereocenters. The van der Waals surface area contributed by atoms with Gasteiger partial charge in [0.05, 0.1) is 18.6 Å². The molecule has 1 amide bonds. The van der Waals surface area contributed by atoms with Crippen LogP contribution in [0.15, 0.2) is 47.1 Å². The molecule has 2 aromatic rings. The zero-order chi connectivity index (χ0) is 22.4. The van der Waals surface area contributed by atoms with Crippen molar-refractivity contribution >= 4 is 16.0 Å². The Morgan fingerprint density at radius 1 is 1.13 bits per heavy atom. The van der Waals surface area contributed by atoms with Gasteiger partial charge in [0.15, 0.2) is 0 Å². The normalized spacial score (nSPS) is 13.1. The van der Waals surface area contributed by atoms with Gasteiger partial charge < -0.3 is 13.5 Å². The van der Waals surface area contributed by atoms with E-state index in [9.17, 15) is 13.2 Å². The van der Waals surface area contributed by atoms with Crippen LogP contribution in [0.2, 0.25) is 0 Å². The molecule has 7 heteroatoms. The smallest absolute Gasteiger partial charge is 0.308 e. The van der Waals surface area contributed by atoms with Crippen LogP contribution in [-0.4, -0.2) is 25.0 Å². The summed E-state index contributed by atoms with van der Waals surface area (Å²) >= 11 is 0. The maximum atomic E-state index is 13.0. The first-order chi connectivity index (χ1) is 14.0. The van der Waals surface area contributed by atoms with Gasteiger partial charge in [0.25, 0.3) is 0 Å². The number of amides is 1. The average molecular weight is 436 g/mol. The van der Waals surface area contributed by atoms with E-state index in [1.54, 1.807) is 41.5 Å². The van der Waals surface area contributed by atoms with Gasteiger partial charge in [0, 0.05) is 13.0 Å². The molecule has 0 fully saturated rings. The number of benzene rings is 1. The van der Waals surface area contributed by atoms with E-state index in [-0.39, 0.29) is 28.7 Å². The fourth-order valence-electron chi connectivity index (χ4n) is 3.44. The van der Waals surface area contributed by atoms with Crippen molar-refractivity contribution in [3.63, 3.8) is 0 Å². The molecule has 30 heavy (non-hydrogen) atoms. The molecule has 0 aliphatic carbocycles. The third kappa shape index (κ3) is 8.22. The summed E-state index contributed by atoms with van der Waals surface area (Å²) in [6.45, 7) is 11.0. The van der Waals surface area contributed by atoms with Gasteiger partial charge in [-0.05, 0) is 54.5 Å². The first-order valence-corrected chi connectivity index (χ1v) is 11.9. The Balaban J connectivity index is 2.10. The Kier molecular flexibility index (Phi) is 8.12. The number of rotatable bonds is 10. The van der Waals surface area contributed by atoms with Gasteiger partial charge in [-0.15, -0.1) is 0 Å². The molecule has 0 aliphatic heterocycles. The van der Waals surface area contributed by atoms with E-state index in [1.165, 1.54) is 6.92 Å². The summed E-state index contributed by atoms with van der Waals surface area (Å²) in [6, 6.07) is 10.4. The lowest BCUT2D eigenvalue weighted by Crippen LogP contribution is -2.31. The van der Waals surface area contributed by atoms with Crippen LogP contribution in [0.3, 0.4) is 0 Å². The standard InChI is InChI=1S/C23H33NO5S/c1-6-30(26,27)29-20-11-9-19(10-12-20)16-24(17-21-8-7-13-28-21)22(25)14-18(2)15-23(3,4)5/h7-13,18H,6,14-17H2,1-5H3/t18-/m0/s1. The van der Waals surface area contributed by atoms with Crippen molar-refractivity contribution < 1.29 is 21.8 Å². The molecule has 1 aromatic heterocycles. The molecule has 0 N–H and O–H groups in total. The van der Waals surface area contributed by atoms with Gasteiger partial charge in [-0.2, -0.15) is 8.42 Å². The Morgan fingerprint density at radius 2 is 1.80 bits per heavy atom. The van der Waals surface area contributed by atoms with Gasteiger partial charge in [-0.1, -0.05) is 39.8 Å². The maximum absolute atomic E-state index is 13.0. The SMILES string of the molecule is CCS(=O)(=O)Oc1ccc(CN(Cc2ccco2)C(=O)C[C@H](C)CC(C)(C)C)cc1. The largest absolute Gasteiger partial charge is 0.467 e. The van der Waals surface area contributed by atoms with Crippen LogP contribution in [0.4, 0.5) is 0 Å². The molecule has 6 nitrogen and oxygen atoms in total. The minimum Gasteiger partial charge on any atom is -0.467 e. The molecule has 0 unspecified atom stereocenters. The van der Waals surface area contributed by atoms with Crippen molar-refractivity contribution in [2.45, 2.75) is 60.5 Å². The van der Waals surface area contributed by atoms with Crippen LogP contribution in [0.25, 0.3) is 0 Å². The van der Waals surface area contributed by atoms with Gasteiger partial charge in [-0.25, -0.2) is 0 Å². The van der Waals surface area contributed by atoms with E-state index in [0.29, 0.717) is 19.5 Å². The Labute approximate surface area is 180 Å². The van der Waals surface area contributed by atoms with Crippen LogP contribution in [0.5, 0.6) is 5.75 Å². The van der Waals surface area contributed by atoms with Crippen molar-refractivity contribution in [3.8, 4) is 5.75 Å². The lowest BCUT2D eigenvalue weighted by atomic mass is 9.84. The Morgan fingerprint density at radius 3 is 2.33 bits per heavy atom. The molecule has 1 aromatic carbocycles. The van der Waals surface area contributed by atoms with Crippen LogP contribution in [0.1, 0.15) is 58.8 Å². The highest BCUT2D eigenvalue weighted by molar-refractivity contribution is 7.87. The van der Waals surface area contributed by atoms with Crippen LogP contribution in [0, 0.1) is 11.3 Å². The van der Waals surface area contributed by atoms with Gasteiger partial charge in [-0.3, -0.25) is 4.79 Å². The molecule has 0 bridgehead atoms. The summed E-state index contributed by atoms with van der Waals surface area (Å²) in [4.78, 5) is 14.8. The minimum absolute atomic E-state index is 0.0667. The molecule has 2 rings (SSSR count). The second-order valence-corrected chi connectivity index (χ2v) is 10.8. The van der Waals surface area contributed by atoms with Crippen molar-refractivity contribution in [2.24, 2.45) is 11.3 Å². The number of carbonyl (C=O) groups excluding carboxylic acids is 1. The van der Waals surface area contributed by atoms with Crippen LogP contribution in [-0.2, 0) is 28.0 Å². The zero-order valence-electron chi connectivity index (χ0n) is 18.6. The molecule has 0 spiro atoms. The lowest BCUT2D eigenvalue weighted by molar-refractivity contribution is -0.133. The monoisotopic (exact) mass is 435 g/mol. The molecular formula is C23H33NO5S. The number of furan rings is 1. The highest BCUT2D eigenvalue weighted by atomic mass is 32.2. The van der Waals surface area contributed by atoms with Gasteiger partial charge in [0.1, 0.15) is 11.5 Å². The zero-order valence-corrected chi connectivity index (χ0v) is 19.4. The summed E-state index contributed by atoms with van der Waals surface area (Å²) in [7, 11) is -3.56. The van der Waals surface area contributed by atoms with E-state index in [2.05, 4.69) is 27.7 Å². The highest BCUT2D eigenvalue weighted by Crippen LogP contribution is 2.27. The van der Waals surface area contributed by atoms with E-state index in [1.807, 2.05) is 6.07 Å². The highest BCUT2D eigenvalue weighted by Gasteiger charge is 2.22. The van der Waals surface area contributed by atoms with E-state index < -0.39 is 10.1 Å². The predicted octanol–water partition coefficient (Wildman–Crippen LogP) is 5.00. The molecule has 1 heterocycles. The summed E-state index contributed by atoms with van der Waals surface area (Å²) in [5.41, 5.74) is 1.06. The number of nitrogens with zero attached hydrogens (tertiary/aromatic N) is 1. The van der Waals surface area contributed by atoms with Crippen molar-refractivity contribution in [1.82, 2.24) is 4.90 Å². The van der Waals surface area contributed by atoms with Crippen molar-refractivity contribution in [3.05, 3.63) is 54.0 Å².